The highest BCUT2D eigenvalue weighted by molar-refractivity contribution is 5.74. The van der Waals surface area contributed by atoms with Crippen LogP contribution in [-0.2, 0) is 4.74 Å². The Kier molecular flexibility index (Phi) is 2.96. The number of para-hydroxylation sites is 2. The van der Waals surface area contributed by atoms with Crippen molar-refractivity contribution in [3.05, 3.63) is 24.3 Å². The lowest BCUT2D eigenvalue weighted by atomic mass is 9.96. The molecule has 4 heteroatoms. The van der Waals surface area contributed by atoms with Crippen LogP contribution in [0.5, 0.6) is 0 Å². The van der Waals surface area contributed by atoms with E-state index in [0.717, 1.165) is 30.6 Å². The van der Waals surface area contributed by atoms with Crippen molar-refractivity contribution in [2.24, 2.45) is 5.92 Å². The first-order valence-electron chi connectivity index (χ1n) is 6.41. The number of anilines is 1. The van der Waals surface area contributed by atoms with Gasteiger partial charge in [-0.3, -0.25) is 0 Å². The third-order valence-electron chi connectivity index (χ3n) is 3.75. The minimum absolute atomic E-state index is 0.258. The van der Waals surface area contributed by atoms with E-state index in [4.69, 9.17) is 9.15 Å². The maximum absolute atomic E-state index is 5.79. The summed E-state index contributed by atoms with van der Waals surface area (Å²) in [6.07, 6.45) is 1.37. The maximum atomic E-state index is 5.79. The zero-order valence-corrected chi connectivity index (χ0v) is 10.8. The summed E-state index contributed by atoms with van der Waals surface area (Å²) in [7, 11) is 1.77. The number of nitrogens with zero attached hydrogens (tertiary/aromatic N) is 2. The first-order chi connectivity index (χ1) is 8.78. The average Bonchev–Trinajstić information content (AvgIpc) is 2.83. The molecule has 4 nitrogen and oxygen atoms in total. The van der Waals surface area contributed by atoms with Gasteiger partial charge in [-0.05, 0) is 24.5 Å². The second kappa shape index (κ2) is 4.61. The Bertz CT molecular complexity index is 504. The van der Waals surface area contributed by atoms with Crippen LogP contribution < -0.4 is 4.90 Å². The minimum Gasteiger partial charge on any atom is -0.423 e. The molecule has 2 heterocycles. The van der Waals surface area contributed by atoms with Gasteiger partial charge in [0.15, 0.2) is 5.58 Å². The van der Waals surface area contributed by atoms with Gasteiger partial charge in [0.2, 0.25) is 0 Å². The summed E-state index contributed by atoms with van der Waals surface area (Å²) in [5.74, 6) is 0.593. The molecule has 0 bridgehead atoms. The van der Waals surface area contributed by atoms with Crippen molar-refractivity contribution in [2.45, 2.75) is 19.4 Å². The Labute approximate surface area is 107 Å². The summed E-state index contributed by atoms with van der Waals surface area (Å²) in [6.45, 7) is 4.07. The molecule has 2 unspecified atom stereocenters. The number of aromatic nitrogens is 1. The van der Waals surface area contributed by atoms with Gasteiger partial charge in [-0.15, -0.1) is 0 Å². The van der Waals surface area contributed by atoms with E-state index in [1.165, 1.54) is 0 Å². The van der Waals surface area contributed by atoms with E-state index in [-0.39, 0.29) is 6.10 Å². The molecule has 1 saturated heterocycles. The number of piperidine rings is 1. The minimum atomic E-state index is 0.258. The second-order valence-electron chi connectivity index (χ2n) is 4.95. The molecule has 3 rings (SSSR count). The molecule has 2 aromatic rings. The Morgan fingerprint density at radius 2 is 2.22 bits per heavy atom. The van der Waals surface area contributed by atoms with E-state index in [1.807, 2.05) is 24.3 Å². The first-order valence-corrected chi connectivity index (χ1v) is 6.41. The van der Waals surface area contributed by atoms with Gasteiger partial charge in [0.05, 0.1) is 6.10 Å². The normalized spacial score (nSPS) is 24.7. The van der Waals surface area contributed by atoms with Gasteiger partial charge in [-0.25, -0.2) is 0 Å². The van der Waals surface area contributed by atoms with Gasteiger partial charge < -0.3 is 14.1 Å². The highest BCUT2D eigenvalue weighted by atomic mass is 16.5. The standard InChI is InChI=1S/C14H18N2O2/c1-10-7-8-16(9-13(10)17-2)14-15-11-5-3-4-6-12(11)18-14/h3-6,10,13H,7-9H2,1-2H3. The average molecular weight is 246 g/mol. The van der Waals surface area contributed by atoms with Crippen molar-refractivity contribution >= 4 is 17.1 Å². The lowest BCUT2D eigenvalue weighted by Gasteiger charge is -2.35. The zero-order valence-electron chi connectivity index (χ0n) is 10.8. The number of hydrogen-bond donors (Lipinski definition) is 0. The van der Waals surface area contributed by atoms with Crippen LogP contribution >= 0.6 is 0 Å². The summed E-state index contributed by atoms with van der Waals surface area (Å²) in [5, 5.41) is 0. The molecule has 1 aromatic carbocycles. The van der Waals surface area contributed by atoms with Crippen molar-refractivity contribution in [1.82, 2.24) is 4.98 Å². The number of oxazole rings is 1. The quantitative estimate of drug-likeness (QED) is 0.816. The highest BCUT2D eigenvalue weighted by Gasteiger charge is 2.28. The van der Waals surface area contributed by atoms with Crippen molar-refractivity contribution in [3.8, 4) is 0 Å². The summed E-state index contributed by atoms with van der Waals surface area (Å²) in [5.41, 5.74) is 1.76. The van der Waals surface area contributed by atoms with Crippen LogP contribution in [0.15, 0.2) is 28.7 Å². The van der Waals surface area contributed by atoms with Gasteiger partial charge >= 0.3 is 0 Å². The molecule has 1 aliphatic heterocycles. The number of ether oxygens (including phenoxy) is 1. The van der Waals surface area contributed by atoms with Crippen molar-refractivity contribution < 1.29 is 9.15 Å². The van der Waals surface area contributed by atoms with Crippen LogP contribution in [0.4, 0.5) is 6.01 Å². The van der Waals surface area contributed by atoms with Crippen LogP contribution in [0.2, 0.25) is 0 Å². The lowest BCUT2D eigenvalue weighted by molar-refractivity contribution is 0.0486. The molecule has 0 aliphatic carbocycles. The zero-order chi connectivity index (χ0) is 12.5. The smallest absolute Gasteiger partial charge is 0.298 e. The van der Waals surface area contributed by atoms with Crippen molar-refractivity contribution in [2.75, 3.05) is 25.1 Å². The predicted molar refractivity (Wildman–Crippen MR) is 70.8 cm³/mol. The Morgan fingerprint density at radius 1 is 1.39 bits per heavy atom. The summed E-state index contributed by atoms with van der Waals surface area (Å²) >= 11 is 0. The monoisotopic (exact) mass is 246 g/mol. The molecular weight excluding hydrogens is 228 g/mol. The van der Waals surface area contributed by atoms with E-state index in [2.05, 4.69) is 16.8 Å². The fraction of sp³-hybridized carbons (Fsp3) is 0.500. The summed E-state index contributed by atoms with van der Waals surface area (Å²) < 4.78 is 11.3. The van der Waals surface area contributed by atoms with Gasteiger partial charge in [-0.2, -0.15) is 4.98 Å². The van der Waals surface area contributed by atoms with E-state index in [1.54, 1.807) is 7.11 Å². The van der Waals surface area contributed by atoms with Crippen molar-refractivity contribution in [1.29, 1.82) is 0 Å². The molecule has 1 fully saturated rings. The molecule has 2 atom stereocenters. The van der Waals surface area contributed by atoms with Crippen LogP contribution in [-0.4, -0.2) is 31.3 Å². The van der Waals surface area contributed by atoms with Gasteiger partial charge in [0, 0.05) is 20.2 Å². The van der Waals surface area contributed by atoms with E-state index < -0.39 is 0 Å². The Balaban J connectivity index is 1.86. The number of fused-ring (bicyclic) bond motifs is 1. The molecule has 0 amide bonds. The third kappa shape index (κ3) is 1.97. The molecule has 1 aliphatic rings. The van der Waals surface area contributed by atoms with E-state index in [0.29, 0.717) is 11.9 Å². The molecule has 18 heavy (non-hydrogen) atoms. The molecule has 96 valence electrons. The topological polar surface area (TPSA) is 38.5 Å². The third-order valence-corrected chi connectivity index (χ3v) is 3.75. The second-order valence-corrected chi connectivity index (χ2v) is 4.95. The van der Waals surface area contributed by atoms with Crippen LogP contribution in [0.25, 0.3) is 11.1 Å². The van der Waals surface area contributed by atoms with E-state index in [9.17, 15) is 0 Å². The van der Waals surface area contributed by atoms with E-state index >= 15 is 0 Å². The van der Waals surface area contributed by atoms with Gasteiger partial charge in [0.25, 0.3) is 6.01 Å². The predicted octanol–water partition coefficient (Wildman–Crippen LogP) is 2.69. The Hall–Kier alpha value is -1.55. The molecule has 1 aromatic heterocycles. The number of hydrogen-bond acceptors (Lipinski definition) is 4. The Morgan fingerprint density at radius 3 is 3.00 bits per heavy atom. The molecular formula is C14H18N2O2. The molecule has 0 N–H and O–H groups in total. The fourth-order valence-electron chi connectivity index (χ4n) is 2.51. The van der Waals surface area contributed by atoms with Crippen LogP contribution in [0.1, 0.15) is 13.3 Å². The largest absolute Gasteiger partial charge is 0.423 e. The van der Waals surface area contributed by atoms with Crippen LogP contribution in [0, 0.1) is 5.92 Å². The highest BCUT2D eigenvalue weighted by Crippen LogP contribution is 2.27. The number of benzene rings is 1. The molecule has 0 spiro atoms. The van der Waals surface area contributed by atoms with Gasteiger partial charge in [-0.1, -0.05) is 19.1 Å². The molecule has 0 saturated carbocycles. The van der Waals surface area contributed by atoms with Crippen molar-refractivity contribution in [3.63, 3.8) is 0 Å². The number of methoxy groups -OCH3 is 1. The molecule has 0 radical (unpaired) electrons. The lowest BCUT2D eigenvalue weighted by Crippen LogP contribution is -2.44. The SMILES string of the molecule is COC1CN(c2nc3ccccc3o2)CCC1C. The maximum Gasteiger partial charge on any atom is 0.298 e. The first kappa shape index (κ1) is 11.5. The summed E-state index contributed by atoms with van der Waals surface area (Å²) in [4.78, 5) is 6.71. The fourth-order valence-corrected chi connectivity index (χ4v) is 2.51. The number of rotatable bonds is 2. The summed E-state index contributed by atoms with van der Waals surface area (Å²) in [6, 6.07) is 8.58. The van der Waals surface area contributed by atoms with Crippen LogP contribution in [0.3, 0.4) is 0 Å². The van der Waals surface area contributed by atoms with Gasteiger partial charge in [0.1, 0.15) is 5.52 Å².